The number of carboxylic acid groups (broad SMARTS) is 1. The molecule has 0 saturated heterocycles. The second kappa shape index (κ2) is 6.61. The molecule has 3 N–H and O–H groups in total. The summed E-state index contributed by atoms with van der Waals surface area (Å²) in [6, 6.07) is 6.09. The fraction of sp³-hybridized carbons (Fsp3) is 0.429. The van der Waals surface area contributed by atoms with Crippen LogP contribution in [-0.2, 0) is 4.79 Å². The van der Waals surface area contributed by atoms with Crippen LogP contribution in [0.5, 0.6) is 0 Å². The fourth-order valence-corrected chi connectivity index (χ4v) is 2.69. The zero-order valence-electron chi connectivity index (χ0n) is 10.9. The van der Waals surface area contributed by atoms with Gasteiger partial charge in [0.25, 0.3) is 0 Å². The van der Waals surface area contributed by atoms with Gasteiger partial charge < -0.3 is 15.7 Å². The first-order chi connectivity index (χ1) is 9.56. The van der Waals surface area contributed by atoms with Gasteiger partial charge in [-0.3, -0.25) is 4.79 Å². The summed E-state index contributed by atoms with van der Waals surface area (Å²) in [5.74, 6) is -1.35. The van der Waals surface area contributed by atoms with Crippen LogP contribution in [-0.4, -0.2) is 23.1 Å². The van der Waals surface area contributed by atoms with Crippen molar-refractivity contribution in [1.29, 1.82) is 0 Å². The van der Waals surface area contributed by atoms with Crippen molar-refractivity contribution in [2.45, 2.75) is 31.7 Å². The van der Waals surface area contributed by atoms with Crippen molar-refractivity contribution in [3.05, 3.63) is 29.3 Å². The molecule has 0 aromatic heterocycles. The molecule has 1 aromatic carbocycles. The number of rotatable bonds is 3. The highest BCUT2D eigenvalue weighted by molar-refractivity contribution is 6.30. The molecule has 2 amide bonds. The molecule has 1 fully saturated rings. The van der Waals surface area contributed by atoms with Crippen molar-refractivity contribution in [2.75, 3.05) is 5.32 Å². The summed E-state index contributed by atoms with van der Waals surface area (Å²) < 4.78 is 0. The normalized spacial score (nSPS) is 22.1. The zero-order valence-corrected chi connectivity index (χ0v) is 11.7. The van der Waals surface area contributed by atoms with E-state index in [2.05, 4.69) is 10.6 Å². The third-order valence-corrected chi connectivity index (χ3v) is 3.72. The summed E-state index contributed by atoms with van der Waals surface area (Å²) in [5, 5.41) is 15.1. The zero-order chi connectivity index (χ0) is 14.5. The molecule has 0 heterocycles. The largest absolute Gasteiger partial charge is 0.481 e. The van der Waals surface area contributed by atoms with E-state index in [0.717, 1.165) is 12.8 Å². The summed E-state index contributed by atoms with van der Waals surface area (Å²) in [7, 11) is 0. The van der Waals surface area contributed by atoms with Crippen LogP contribution in [0.3, 0.4) is 0 Å². The Kier molecular flexibility index (Phi) is 4.84. The van der Waals surface area contributed by atoms with Crippen molar-refractivity contribution in [3.63, 3.8) is 0 Å². The SMILES string of the molecule is O=C(Nc1cccc(Cl)c1)NC1CCCCC1C(=O)O. The first kappa shape index (κ1) is 14.7. The molecule has 0 spiro atoms. The number of carbonyl (C=O) groups excluding carboxylic acids is 1. The smallest absolute Gasteiger partial charge is 0.319 e. The topological polar surface area (TPSA) is 78.4 Å². The molecule has 0 bridgehead atoms. The first-order valence-corrected chi connectivity index (χ1v) is 7.00. The number of hydrogen-bond acceptors (Lipinski definition) is 2. The summed E-state index contributed by atoms with van der Waals surface area (Å²) in [6.07, 6.45) is 3.13. The Morgan fingerprint density at radius 3 is 2.70 bits per heavy atom. The molecule has 1 aliphatic carbocycles. The number of carboxylic acids is 1. The molecule has 1 aliphatic rings. The van der Waals surface area contributed by atoms with Crippen LogP contribution in [0, 0.1) is 5.92 Å². The molecule has 1 saturated carbocycles. The maximum atomic E-state index is 11.9. The van der Waals surface area contributed by atoms with Gasteiger partial charge in [-0.05, 0) is 31.0 Å². The van der Waals surface area contributed by atoms with Gasteiger partial charge in [-0.1, -0.05) is 30.5 Å². The van der Waals surface area contributed by atoms with Crippen LogP contribution in [0.25, 0.3) is 0 Å². The van der Waals surface area contributed by atoms with Gasteiger partial charge >= 0.3 is 12.0 Å². The lowest BCUT2D eigenvalue weighted by atomic mass is 9.84. The van der Waals surface area contributed by atoms with E-state index >= 15 is 0 Å². The standard InChI is InChI=1S/C14H17ClN2O3/c15-9-4-3-5-10(8-9)16-14(20)17-12-7-2-1-6-11(12)13(18)19/h3-5,8,11-12H,1-2,6-7H2,(H,18,19)(H2,16,17,20). The van der Waals surface area contributed by atoms with Crippen molar-refractivity contribution in [3.8, 4) is 0 Å². The van der Waals surface area contributed by atoms with Gasteiger partial charge in [-0.15, -0.1) is 0 Å². The average molecular weight is 297 g/mol. The van der Waals surface area contributed by atoms with Gasteiger partial charge in [0.2, 0.25) is 0 Å². The number of amides is 2. The highest BCUT2D eigenvalue weighted by Crippen LogP contribution is 2.24. The molecule has 0 aliphatic heterocycles. The number of carbonyl (C=O) groups is 2. The van der Waals surface area contributed by atoms with E-state index in [-0.39, 0.29) is 6.04 Å². The van der Waals surface area contributed by atoms with Crippen molar-refractivity contribution in [1.82, 2.24) is 5.32 Å². The van der Waals surface area contributed by atoms with E-state index in [1.54, 1.807) is 24.3 Å². The summed E-state index contributed by atoms with van der Waals surface area (Å²) >= 11 is 5.84. The Morgan fingerprint density at radius 1 is 1.25 bits per heavy atom. The third kappa shape index (κ3) is 3.87. The minimum Gasteiger partial charge on any atom is -0.481 e. The van der Waals surface area contributed by atoms with Crippen LogP contribution in [0.4, 0.5) is 10.5 Å². The van der Waals surface area contributed by atoms with E-state index < -0.39 is 17.9 Å². The maximum Gasteiger partial charge on any atom is 0.319 e. The molecule has 2 atom stereocenters. The quantitative estimate of drug-likeness (QED) is 0.802. The van der Waals surface area contributed by atoms with Crippen LogP contribution < -0.4 is 10.6 Å². The number of anilines is 1. The molecular weight excluding hydrogens is 280 g/mol. The molecule has 5 nitrogen and oxygen atoms in total. The molecular formula is C14H17ClN2O3. The molecule has 1 aromatic rings. The Morgan fingerprint density at radius 2 is 2.00 bits per heavy atom. The number of aliphatic carboxylic acids is 1. The van der Waals surface area contributed by atoms with E-state index in [4.69, 9.17) is 16.7 Å². The Labute approximate surface area is 122 Å². The van der Waals surface area contributed by atoms with Gasteiger partial charge in [0.15, 0.2) is 0 Å². The number of halogens is 1. The van der Waals surface area contributed by atoms with Crippen LogP contribution in [0.2, 0.25) is 5.02 Å². The highest BCUT2D eigenvalue weighted by atomic mass is 35.5. The van der Waals surface area contributed by atoms with Gasteiger partial charge in [-0.25, -0.2) is 4.79 Å². The monoisotopic (exact) mass is 296 g/mol. The predicted molar refractivity (Wildman–Crippen MR) is 77.0 cm³/mol. The Balaban J connectivity index is 1.94. The number of urea groups is 1. The number of hydrogen-bond donors (Lipinski definition) is 3. The summed E-state index contributed by atoms with van der Waals surface area (Å²) in [5.41, 5.74) is 0.581. The summed E-state index contributed by atoms with van der Waals surface area (Å²) in [6.45, 7) is 0. The Bertz CT molecular complexity index is 507. The van der Waals surface area contributed by atoms with Gasteiger partial charge in [-0.2, -0.15) is 0 Å². The molecule has 108 valence electrons. The van der Waals surface area contributed by atoms with Gasteiger partial charge in [0.1, 0.15) is 0 Å². The molecule has 6 heteroatoms. The van der Waals surface area contributed by atoms with Crippen LogP contribution >= 0.6 is 11.6 Å². The Hall–Kier alpha value is -1.75. The van der Waals surface area contributed by atoms with E-state index in [1.807, 2.05) is 0 Å². The van der Waals surface area contributed by atoms with E-state index in [0.29, 0.717) is 23.6 Å². The summed E-state index contributed by atoms with van der Waals surface area (Å²) in [4.78, 5) is 23.1. The molecule has 0 radical (unpaired) electrons. The van der Waals surface area contributed by atoms with Crippen molar-refractivity contribution in [2.24, 2.45) is 5.92 Å². The lowest BCUT2D eigenvalue weighted by molar-refractivity contribution is -0.143. The van der Waals surface area contributed by atoms with Gasteiger partial charge in [0.05, 0.1) is 5.92 Å². The average Bonchev–Trinajstić information content (AvgIpc) is 2.38. The molecule has 2 unspecified atom stereocenters. The minimum absolute atomic E-state index is 0.319. The lowest BCUT2D eigenvalue weighted by Crippen LogP contribution is -2.46. The third-order valence-electron chi connectivity index (χ3n) is 3.48. The first-order valence-electron chi connectivity index (χ1n) is 6.62. The van der Waals surface area contributed by atoms with E-state index in [9.17, 15) is 9.59 Å². The second-order valence-electron chi connectivity index (χ2n) is 4.94. The lowest BCUT2D eigenvalue weighted by Gasteiger charge is -2.29. The van der Waals surface area contributed by atoms with Gasteiger partial charge in [0, 0.05) is 16.8 Å². The predicted octanol–water partition coefficient (Wildman–Crippen LogP) is 3.10. The van der Waals surface area contributed by atoms with Crippen LogP contribution in [0.15, 0.2) is 24.3 Å². The van der Waals surface area contributed by atoms with Crippen molar-refractivity contribution >= 4 is 29.3 Å². The fourth-order valence-electron chi connectivity index (χ4n) is 2.50. The molecule has 20 heavy (non-hydrogen) atoms. The maximum absolute atomic E-state index is 11.9. The molecule has 2 rings (SSSR count). The highest BCUT2D eigenvalue weighted by Gasteiger charge is 2.31. The number of benzene rings is 1. The van der Waals surface area contributed by atoms with Crippen LogP contribution in [0.1, 0.15) is 25.7 Å². The van der Waals surface area contributed by atoms with E-state index in [1.165, 1.54) is 0 Å². The van der Waals surface area contributed by atoms with Crippen molar-refractivity contribution < 1.29 is 14.7 Å². The number of nitrogens with one attached hydrogen (secondary N) is 2. The minimum atomic E-state index is -0.849. The second-order valence-corrected chi connectivity index (χ2v) is 5.38.